The molecule has 1 aliphatic heterocycles. The molecule has 0 radical (unpaired) electrons. The quantitative estimate of drug-likeness (QED) is 0.414. The lowest BCUT2D eigenvalue weighted by molar-refractivity contribution is -0.145. The number of carbonyl (C=O) groups excluding carboxylic acids is 2. The highest BCUT2D eigenvalue weighted by Gasteiger charge is 2.43. The first-order valence-electron chi connectivity index (χ1n) is 7.86. The van der Waals surface area contributed by atoms with Crippen molar-refractivity contribution in [2.75, 3.05) is 18.1 Å². The summed E-state index contributed by atoms with van der Waals surface area (Å²) in [4.78, 5) is 37.5. The summed E-state index contributed by atoms with van der Waals surface area (Å²) in [7, 11) is 0. The van der Waals surface area contributed by atoms with E-state index < -0.39 is 35.9 Å². The number of hydrogen-bond donors (Lipinski definition) is 5. The monoisotopic (exact) mass is 400 g/mol. The number of thiol groups is 1. The second kappa shape index (κ2) is 9.15. The molecule has 8 nitrogen and oxygen atoms in total. The predicted octanol–water partition coefficient (Wildman–Crippen LogP) is 0.216. The van der Waals surface area contributed by atoms with Gasteiger partial charge in [-0.2, -0.15) is 12.6 Å². The third kappa shape index (κ3) is 4.43. The van der Waals surface area contributed by atoms with Gasteiger partial charge in [0.2, 0.25) is 11.8 Å². The molecule has 10 heteroatoms. The van der Waals surface area contributed by atoms with E-state index in [2.05, 4.69) is 17.9 Å². The SMILES string of the molecule is O=C(O)[C@H](CO)NC(=O)[C@@H]1CS[C@H](c2ccccc2O)N1C(=O)CCS. The number of hydrogen-bond acceptors (Lipinski definition) is 7. The zero-order valence-corrected chi connectivity index (χ0v) is 15.4. The Morgan fingerprint density at radius 2 is 2.04 bits per heavy atom. The van der Waals surface area contributed by atoms with E-state index in [0.29, 0.717) is 5.56 Å². The molecule has 0 aromatic heterocycles. The second-order valence-electron chi connectivity index (χ2n) is 5.62. The fourth-order valence-corrected chi connectivity index (χ4v) is 4.30. The molecule has 0 aliphatic carbocycles. The summed E-state index contributed by atoms with van der Waals surface area (Å²) in [5, 5.41) is 29.9. The Morgan fingerprint density at radius 3 is 2.62 bits per heavy atom. The van der Waals surface area contributed by atoms with Gasteiger partial charge in [-0.3, -0.25) is 9.59 Å². The first-order chi connectivity index (χ1) is 12.4. The van der Waals surface area contributed by atoms with Crippen molar-refractivity contribution in [3.63, 3.8) is 0 Å². The van der Waals surface area contributed by atoms with Gasteiger partial charge in [0.25, 0.3) is 0 Å². The number of nitrogens with zero attached hydrogens (tertiary/aromatic N) is 1. The van der Waals surface area contributed by atoms with Crippen LogP contribution < -0.4 is 5.32 Å². The number of carbonyl (C=O) groups is 3. The molecule has 0 saturated carbocycles. The summed E-state index contributed by atoms with van der Waals surface area (Å²) >= 11 is 5.35. The van der Waals surface area contributed by atoms with Gasteiger partial charge in [-0.1, -0.05) is 18.2 Å². The van der Waals surface area contributed by atoms with Crippen LogP contribution in [0, 0.1) is 0 Å². The van der Waals surface area contributed by atoms with Crippen molar-refractivity contribution < 1.29 is 29.7 Å². The average molecular weight is 400 g/mol. The minimum Gasteiger partial charge on any atom is -0.508 e. The number of benzene rings is 1. The minimum absolute atomic E-state index is 0.00787. The van der Waals surface area contributed by atoms with Gasteiger partial charge in [-0.25, -0.2) is 4.79 Å². The van der Waals surface area contributed by atoms with Crippen LogP contribution in [0.1, 0.15) is 17.4 Å². The van der Waals surface area contributed by atoms with Gasteiger partial charge in [0.1, 0.15) is 23.2 Å². The number of aliphatic hydroxyl groups excluding tert-OH is 1. The van der Waals surface area contributed by atoms with Crippen molar-refractivity contribution in [3.8, 4) is 5.75 Å². The van der Waals surface area contributed by atoms with E-state index in [4.69, 9.17) is 10.2 Å². The van der Waals surface area contributed by atoms with E-state index in [9.17, 15) is 19.5 Å². The lowest BCUT2D eigenvalue weighted by atomic mass is 10.1. The summed E-state index contributed by atoms with van der Waals surface area (Å²) < 4.78 is 0. The Bertz CT molecular complexity index is 686. The maximum Gasteiger partial charge on any atom is 0.328 e. The van der Waals surface area contributed by atoms with Crippen LogP contribution in [0.5, 0.6) is 5.75 Å². The van der Waals surface area contributed by atoms with Gasteiger partial charge in [-0.05, 0) is 11.8 Å². The highest BCUT2D eigenvalue weighted by atomic mass is 32.2. The number of para-hydroxylation sites is 1. The van der Waals surface area contributed by atoms with Gasteiger partial charge < -0.3 is 25.5 Å². The van der Waals surface area contributed by atoms with Crippen LogP contribution in [-0.4, -0.2) is 68.2 Å². The molecule has 1 fully saturated rings. The van der Waals surface area contributed by atoms with E-state index in [0.717, 1.165) is 0 Å². The van der Waals surface area contributed by atoms with E-state index >= 15 is 0 Å². The number of rotatable bonds is 7. The first kappa shape index (κ1) is 20.4. The van der Waals surface area contributed by atoms with Gasteiger partial charge in [-0.15, -0.1) is 11.8 Å². The largest absolute Gasteiger partial charge is 0.508 e. The normalized spacial score (nSPS) is 20.6. The highest BCUT2D eigenvalue weighted by molar-refractivity contribution is 7.99. The third-order valence-electron chi connectivity index (χ3n) is 3.92. The molecular weight excluding hydrogens is 380 g/mol. The number of phenolic OH excluding ortho intramolecular Hbond substituents is 1. The van der Waals surface area contributed by atoms with E-state index in [-0.39, 0.29) is 29.6 Å². The molecule has 1 aromatic carbocycles. The number of aliphatic carboxylic acids is 1. The number of nitrogens with one attached hydrogen (secondary N) is 1. The fourth-order valence-electron chi connectivity index (χ4n) is 2.63. The zero-order valence-electron chi connectivity index (χ0n) is 13.7. The molecule has 26 heavy (non-hydrogen) atoms. The summed E-state index contributed by atoms with van der Waals surface area (Å²) in [6, 6.07) is 4.18. The first-order valence-corrected chi connectivity index (χ1v) is 9.54. The fraction of sp³-hybridized carbons (Fsp3) is 0.438. The lowest BCUT2D eigenvalue weighted by Gasteiger charge is -2.29. The number of aliphatic hydroxyl groups is 1. The number of carboxylic acid groups (broad SMARTS) is 1. The standard InChI is InChI=1S/C16H20N2O6S2/c19-7-10(16(23)24)17-14(22)11-8-26-15(18(11)13(21)5-6-25)9-3-1-2-4-12(9)20/h1-4,10-11,15,19-20,25H,5-8H2,(H,17,22)(H,23,24)/t10-,11-,15+/m0/s1. The molecule has 0 bridgehead atoms. The average Bonchev–Trinajstić information content (AvgIpc) is 3.04. The van der Waals surface area contributed by atoms with Crippen LogP contribution in [0.25, 0.3) is 0 Å². The molecule has 0 spiro atoms. The van der Waals surface area contributed by atoms with Crippen molar-refractivity contribution in [1.29, 1.82) is 0 Å². The maximum atomic E-state index is 12.6. The minimum atomic E-state index is -1.45. The highest BCUT2D eigenvalue weighted by Crippen LogP contribution is 2.44. The van der Waals surface area contributed by atoms with Gasteiger partial charge >= 0.3 is 5.97 Å². The summed E-state index contributed by atoms with van der Waals surface area (Å²) in [5.74, 6) is -1.82. The number of aromatic hydroxyl groups is 1. The van der Waals surface area contributed by atoms with Crippen LogP contribution in [0.3, 0.4) is 0 Å². The van der Waals surface area contributed by atoms with E-state index in [1.54, 1.807) is 18.2 Å². The van der Waals surface area contributed by atoms with E-state index in [1.807, 2.05) is 0 Å². The Hall–Kier alpha value is -1.91. The van der Waals surface area contributed by atoms with Crippen molar-refractivity contribution in [2.24, 2.45) is 0 Å². The summed E-state index contributed by atoms with van der Waals surface area (Å²) in [5.41, 5.74) is 0.497. The van der Waals surface area contributed by atoms with Crippen LogP contribution in [0.15, 0.2) is 24.3 Å². The molecule has 4 N–H and O–H groups in total. The molecule has 142 valence electrons. The second-order valence-corrected chi connectivity index (χ2v) is 7.18. The Balaban J connectivity index is 2.28. The summed E-state index contributed by atoms with van der Waals surface area (Å²) in [6.45, 7) is -0.756. The zero-order chi connectivity index (χ0) is 19.3. The predicted molar refractivity (Wildman–Crippen MR) is 99.1 cm³/mol. The van der Waals surface area contributed by atoms with Crippen LogP contribution in [0.2, 0.25) is 0 Å². The van der Waals surface area contributed by atoms with E-state index in [1.165, 1.54) is 22.7 Å². The molecule has 1 heterocycles. The molecule has 1 aromatic rings. The third-order valence-corrected chi connectivity index (χ3v) is 5.45. The molecule has 1 saturated heterocycles. The molecule has 2 rings (SSSR count). The van der Waals surface area contributed by atoms with Crippen LogP contribution in [0.4, 0.5) is 0 Å². The smallest absolute Gasteiger partial charge is 0.328 e. The van der Waals surface area contributed by atoms with Crippen LogP contribution in [-0.2, 0) is 14.4 Å². The number of thioether (sulfide) groups is 1. The molecular formula is C16H20N2O6S2. The Labute approximate surface area is 160 Å². The number of phenols is 1. The molecule has 3 atom stereocenters. The maximum absolute atomic E-state index is 12.6. The Kier molecular flexibility index (Phi) is 7.18. The molecule has 1 aliphatic rings. The number of carboxylic acids is 1. The van der Waals surface area contributed by atoms with Gasteiger partial charge in [0.05, 0.1) is 6.61 Å². The van der Waals surface area contributed by atoms with Crippen molar-refractivity contribution >= 4 is 42.2 Å². The topological polar surface area (TPSA) is 127 Å². The number of amides is 2. The van der Waals surface area contributed by atoms with Crippen molar-refractivity contribution in [1.82, 2.24) is 10.2 Å². The Morgan fingerprint density at radius 1 is 1.35 bits per heavy atom. The van der Waals surface area contributed by atoms with Crippen LogP contribution >= 0.6 is 24.4 Å². The van der Waals surface area contributed by atoms with Gasteiger partial charge in [0.15, 0.2) is 0 Å². The molecule has 0 unspecified atom stereocenters. The molecule has 2 amide bonds. The van der Waals surface area contributed by atoms with Crippen molar-refractivity contribution in [2.45, 2.75) is 23.9 Å². The summed E-state index contributed by atoms with van der Waals surface area (Å²) in [6.07, 6.45) is 0.0971. The van der Waals surface area contributed by atoms with Crippen molar-refractivity contribution in [3.05, 3.63) is 29.8 Å². The lowest BCUT2D eigenvalue weighted by Crippen LogP contribution is -2.53. The van der Waals surface area contributed by atoms with Gasteiger partial charge in [0, 0.05) is 17.7 Å².